The average molecular weight is 480 g/mol. The molecule has 5 heteroatoms. The second-order valence-corrected chi connectivity index (χ2v) is 12.5. The number of rotatable bonds is 5. The Bertz CT molecular complexity index is 1170. The quantitative estimate of drug-likeness (QED) is 0.475. The molecule has 0 spiro atoms. The van der Waals surface area contributed by atoms with Crippen LogP contribution in [0.15, 0.2) is 44.5 Å². The van der Waals surface area contributed by atoms with E-state index in [9.17, 15) is 9.59 Å². The normalized spacial score (nSPS) is 32.9. The van der Waals surface area contributed by atoms with Crippen LogP contribution in [0.4, 0.5) is 0 Å². The SMILES string of the molecule is CC(C)/C=C/C[C@@H](C)C1CCC2/C(=C/C3C4=C(CCCC4)Cn4c(=O)n(C)c(=O)n43)CCC[C@@]21C. The van der Waals surface area contributed by atoms with E-state index in [1.54, 1.807) is 22.0 Å². The molecule has 1 aromatic heterocycles. The van der Waals surface area contributed by atoms with Crippen LogP contribution < -0.4 is 11.4 Å². The van der Waals surface area contributed by atoms with Crippen LogP contribution in [-0.4, -0.2) is 13.9 Å². The van der Waals surface area contributed by atoms with Crippen molar-refractivity contribution < 1.29 is 0 Å². The third-order valence-electron chi connectivity index (χ3n) is 9.97. The number of nitrogens with zero attached hydrogens (tertiary/aromatic N) is 3. The van der Waals surface area contributed by atoms with Crippen molar-refractivity contribution in [2.45, 2.75) is 104 Å². The van der Waals surface area contributed by atoms with E-state index in [4.69, 9.17) is 0 Å². The van der Waals surface area contributed by atoms with Gasteiger partial charge < -0.3 is 0 Å². The summed E-state index contributed by atoms with van der Waals surface area (Å²) in [5.74, 6) is 2.67. The van der Waals surface area contributed by atoms with Crippen LogP contribution in [0, 0.1) is 29.1 Å². The number of fused-ring (bicyclic) bond motifs is 2. The lowest BCUT2D eigenvalue weighted by atomic mass is 9.60. The van der Waals surface area contributed by atoms with Crippen molar-refractivity contribution in [3.8, 4) is 0 Å². The summed E-state index contributed by atoms with van der Waals surface area (Å²) in [7, 11) is 1.63. The Morgan fingerprint density at radius 3 is 2.57 bits per heavy atom. The first-order valence-corrected chi connectivity index (χ1v) is 14.2. The summed E-state index contributed by atoms with van der Waals surface area (Å²) in [5, 5.41) is 0. The molecule has 4 aliphatic rings. The van der Waals surface area contributed by atoms with Crippen LogP contribution in [0.3, 0.4) is 0 Å². The molecule has 0 saturated heterocycles. The lowest BCUT2D eigenvalue weighted by Gasteiger charge is -2.45. The fourth-order valence-electron chi connectivity index (χ4n) is 8.19. The molecule has 0 radical (unpaired) electrons. The van der Waals surface area contributed by atoms with Crippen molar-refractivity contribution >= 4 is 0 Å². The summed E-state index contributed by atoms with van der Waals surface area (Å²) < 4.78 is 4.81. The van der Waals surface area contributed by atoms with Crippen molar-refractivity contribution in [3.63, 3.8) is 0 Å². The monoisotopic (exact) mass is 479 g/mol. The molecule has 3 aliphatic carbocycles. The summed E-state index contributed by atoms with van der Waals surface area (Å²) in [4.78, 5) is 26.1. The highest BCUT2D eigenvalue weighted by molar-refractivity contribution is 5.31. The first-order valence-electron chi connectivity index (χ1n) is 14.2. The molecule has 0 bridgehead atoms. The Morgan fingerprint density at radius 1 is 1.03 bits per heavy atom. The van der Waals surface area contributed by atoms with E-state index in [-0.39, 0.29) is 17.4 Å². The van der Waals surface area contributed by atoms with Gasteiger partial charge in [-0.05, 0) is 104 Å². The van der Waals surface area contributed by atoms with Crippen molar-refractivity contribution in [1.29, 1.82) is 0 Å². The molecule has 2 fully saturated rings. The van der Waals surface area contributed by atoms with Gasteiger partial charge in [-0.1, -0.05) is 51.5 Å². The summed E-state index contributed by atoms with van der Waals surface area (Å²) in [6.07, 6.45) is 19.2. The van der Waals surface area contributed by atoms with Crippen LogP contribution in [0.5, 0.6) is 0 Å². The maximum Gasteiger partial charge on any atom is 0.347 e. The van der Waals surface area contributed by atoms with E-state index in [1.807, 2.05) is 0 Å². The topological polar surface area (TPSA) is 48.9 Å². The molecule has 192 valence electrons. The van der Waals surface area contributed by atoms with Crippen molar-refractivity contribution in [2.24, 2.45) is 36.1 Å². The number of aromatic nitrogens is 3. The highest BCUT2D eigenvalue weighted by Crippen LogP contribution is 2.60. The van der Waals surface area contributed by atoms with Crippen molar-refractivity contribution in [2.75, 3.05) is 0 Å². The molecule has 2 saturated carbocycles. The Kier molecular flexibility index (Phi) is 6.65. The van der Waals surface area contributed by atoms with E-state index in [0.29, 0.717) is 29.7 Å². The van der Waals surface area contributed by atoms with Gasteiger partial charge in [-0.2, -0.15) is 0 Å². The zero-order valence-electron chi connectivity index (χ0n) is 22.6. The van der Waals surface area contributed by atoms with Gasteiger partial charge >= 0.3 is 11.4 Å². The standard InChI is InChI=1S/C30H45N3O2/c1-20(2)10-8-11-21(3)25-15-16-26-22(13-9-17-30(25,26)4)18-27-24-14-7-6-12-23(24)19-32-28(34)31(5)29(35)33(27)32/h8,10,18,20-21,25-27H,6-7,9,11-17,19H2,1-5H3/b10-8+,22-18+/t21-,25?,26?,27?,30-/m1/s1. The largest absolute Gasteiger partial charge is 0.347 e. The molecule has 2 heterocycles. The lowest BCUT2D eigenvalue weighted by molar-refractivity contribution is 0.0979. The van der Waals surface area contributed by atoms with Gasteiger partial charge in [0.05, 0.1) is 12.6 Å². The van der Waals surface area contributed by atoms with Gasteiger partial charge in [0, 0.05) is 7.05 Å². The van der Waals surface area contributed by atoms with Crippen LogP contribution in [0.1, 0.15) is 97.9 Å². The predicted octanol–water partition coefficient (Wildman–Crippen LogP) is 6.16. The average Bonchev–Trinajstić information content (AvgIpc) is 3.29. The van der Waals surface area contributed by atoms with E-state index in [0.717, 1.165) is 25.2 Å². The second-order valence-electron chi connectivity index (χ2n) is 12.5. The fourth-order valence-corrected chi connectivity index (χ4v) is 8.19. The third kappa shape index (κ3) is 4.17. The Balaban J connectivity index is 1.49. The maximum atomic E-state index is 13.2. The van der Waals surface area contributed by atoms with Gasteiger partial charge in [0.15, 0.2) is 0 Å². The highest BCUT2D eigenvalue weighted by atomic mass is 16.2. The smallest absolute Gasteiger partial charge is 0.246 e. The molecule has 5 rings (SSSR count). The first-order chi connectivity index (χ1) is 16.7. The number of hydrogen-bond donors (Lipinski definition) is 0. The van der Waals surface area contributed by atoms with Gasteiger partial charge in [-0.15, -0.1) is 0 Å². The van der Waals surface area contributed by atoms with E-state index < -0.39 is 0 Å². The van der Waals surface area contributed by atoms with Gasteiger partial charge in [-0.25, -0.2) is 23.5 Å². The van der Waals surface area contributed by atoms with Crippen molar-refractivity contribution in [3.05, 3.63) is 55.9 Å². The number of hydrogen-bond acceptors (Lipinski definition) is 2. The molecular formula is C30H45N3O2. The fraction of sp³-hybridized carbons (Fsp3) is 0.733. The summed E-state index contributed by atoms with van der Waals surface area (Å²) in [6.45, 7) is 10.1. The molecule has 1 aliphatic heterocycles. The van der Waals surface area contributed by atoms with Gasteiger partial charge in [0.1, 0.15) is 0 Å². The van der Waals surface area contributed by atoms with E-state index in [2.05, 4.69) is 45.9 Å². The molecule has 0 aromatic carbocycles. The Morgan fingerprint density at radius 2 is 1.80 bits per heavy atom. The minimum Gasteiger partial charge on any atom is -0.246 e. The minimum absolute atomic E-state index is 0.0803. The Labute approximate surface area is 210 Å². The van der Waals surface area contributed by atoms with Crippen molar-refractivity contribution in [1.82, 2.24) is 13.9 Å². The number of allylic oxidation sites excluding steroid dienone is 6. The predicted molar refractivity (Wildman–Crippen MR) is 142 cm³/mol. The zero-order valence-corrected chi connectivity index (χ0v) is 22.6. The third-order valence-corrected chi connectivity index (χ3v) is 9.97. The summed E-state index contributed by atoms with van der Waals surface area (Å²) in [6, 6.07) is -0.0803. The molecule has 35 heavy (non-hydrogen) atoms. The van der Waals surface area contributed by atoms with Crippen LogP contribution in [0.25, 0.3) is 0 Å². The van der Waals surface area contributed by atoms with Crippen LogP contribution in [0.2, 0.25) is 0 Å². The molecule has 1 aromatic rings. The second kappa shape index (κ2) is 9.44. The molecule has 5 atom stereocenters. The molecule has 3 unspecified atom stereocenters. The van der Waals surface area contributed by atoms with Crippen LogP contribution in [-0.2, 0) is 13.6 Å². The zero-order chi connectivity index (χ0) is 24.9. The van der Waals surface area contributed by atoms with E-state index >= 15 is 0 Å². The summed E-state index contributed by atoms with van der Waals surface area (Å²) in [5.41, 5.74) is 4.39. The highest BCUT2D eigenvalue weighted by Gasteiger charge is 2.50. The molecule has 0 N–H and O–H groups in total. The summed E-state index contributed by atoms with van der Waals surface area (Å²) >= 11 is 0. The van der Waals surface area contributed by atoms with Crippen LogP contribution >= 0.6 is 0 Å². The molecule has 0 amide bonds. The minimum atomic E-state index is -0.173. The van der Waals surface area contributed by atoms with E-state index in [1.165, 1.54) is 60.7 Å². The Hall–Kier alpha value is -2.04. The maximum absolute atomic E-state index is 13.2. The van der Waals surface area contributed by atoms with Gasteiger partial charge in [0.25, 0.3) is 0 Å². The molecule has 5 nitrogen and oxygen atoms in total. The van der Waals surface area contributed by atoms with Gasteiger partial charge in [0.2, 0.25) is 0 Å². The van der Waals surface area contributed by atoms with Gasteiger partial charge in [-0.3, -0.25) is 0 Å². The molecular weight excluding hydrogens is 434 g/mol. The lowest BCUT2D eigenvalue weighted by Crippen LogP contribution is -2.38. The first kappa shape index (κ1) is 24.6.